The number of hydrogen-bond acceptors (Lipinski definition) is 4. The van der Waals surface area contributed by atoms with E-state index in [9.17, 15) is 4.79 Å². The molecule has 4 rings (SSSR count). The van der Waals surface area contributed by atoms with Crippen molar-refractivity contribution in [3.05, 3.63) is 54.0 Å². The number of benzene rings is 1. The number of methoxy groups -OCH3 is 1. The molecule has 6 heteroatoms. The molecule has 1 aliphatic heterocycles. The monoisotopic (exact) mass is 364 g/mol. The van der Waals surface area contributed by atoms with E-state index in [0.29, 0.717) is 6.42 Å². The second kappa shape index (κ2) is 7.39. The normalized spacial score (nSPS) is 16.8. The van der Waals surface area contributed by atoms with Crippen molar-refractivity contribution in [1.29, 1.82) is 0 Å². The van der Waals surface area contributed by atoms with E-state index in [-0.39, 0.29) is 11.8 Å². The number of ether oxygens (including phenoxy) is 1. The lowest BCUT2D eigenvalue weighted by Gasteiger charge is -2.16. The number of aryl methyl sites for hydroxylation is 2. The van der Waals surface area contributed by atoms with Crippen LogP contribution >= 0.6 is 0 Å². The molecule has 0 bridgehead atoms. The second-order valence-corrected chi connectivity index (χ2v) is 7.05. The van der Waals surface area contributed by atoms with Crippen LogP contribution in [0, 0.1) is 0 Å². The fraction of sp³-hybridized carbons (Fsp3) is 0.381. The maximum absolute atomic E-state index is 12.6. The molecule has 0 aliphatic carbocycles. The SMILES string of the molecule is COc1ccc(CCC(=O)N2CCC(c3nc4cccnc4n3C)C2)cc1. The Morgan fingerprint density at radius 1 is 1.26 bits per heavy atom. The van der Waals surface area contributed by atoms with E-state index in [1.165, 1.54) is 0 Å². The van der Waals surface area contributed by atoms with Gasteiger partial charge in [-0.15, -0.1) is 0 Å². The van der Waals surface area contributed by atoms with Crippen LogP contribution in [0.25, 0.3) is 11.2 Å². The van der Waals surface area contributed by atoms with Crippen LogP contribution in [0.4, 0.5) is 0 Å². The third-order valence-electron chi connectivity index (χ3n) is 5.36. The number of aromatic nitrogens is 3. The van der Waals surface area contributed by atoms with Crippen LogP contribution in [0.1, 0.15) is 30.1 Å². The number of likely N-dealkylation sites (tertiary alicyclic amines) is 1. The van der Waals surface area contributed by atoms with Crippen molar-refractivity contribution < 1.29 is 9.53 Å². The Hall–Kier alpha value is -2.89. The summed E-state index contributed by atoms with van der Waals surface area (Å²) in [4.78, 5) is 23.8. The highest BCUT2D eigenvalue weighted by Crippen LogP contribution is 2.28. The Balaban J connectivity index is 1.38. The van der Waals surface area contributed by atoms with Crippen molar-refractivity contribution in [3.63, 3.8) is 0 Å². The van der Waals surface area contributed by atoms with Crippen molar-refractivity contribution in [3.8, 4) is 5.75 Å². The van der Waals surface area contributed by atoms with Crippen molar-refractivity contribution in [1.82, 2.24) is 19.4 Å². The van der Waals surface area contributed by atoms with Gasteiger partial charge in [0, 0.05) is 38.7 Å². The molecule has 3 heterocycles. The Labute approximate surface area is 158 Å². The minimum atomic E-state index is 0.213. The molecule has 2 aromatic heterocycles. The topological polar surface area (TPSA) is 60.2 Å². The van der Waals surface area contributed by atoms with Crippen molar-refractivity contribution in [2.45, 2.75) is 25.2 Å². The molecule has 3 aromatic rings. The van der Waals surface area contributed by atoms with Gasteiger partial charge in [-0.2, -0.15) is 0 Å². The lowest BCUT2D eigenvalue weighted by molar-refractivity contribution is -0.130. The number of hydrogen-bond donors (Lipinski definition) is 0. The van der Waals surface area contributed by atoms with Gasteiger partial charge >= 0.3 is 0 Å². The predicted molar refractivity (Wildman–Crippen MR) is 104 cm³/mol. The molecule has 1 fully saturated rings. The lowest BCUT2D eigenvalue weighted by atomic mass is 10.1. The van der Waals surface area contributed by atoms with Gasteiger partial charge in [-0.25, -0.2) is 9.97 Å². The van der Waals surface area contributed by atoms with E-state index in [0.717, 1.165) is 54.2 Å². The summed E-state index contributed by atoms with van der Waals surface area (Å²) in [7, 11) is 3.66. The number of pyridine rings is 1. The van der Waals surface area contributed by atoms with Crippen molar-refractivity contribution in [2.75, 3.05) is 20.2 Å². The van der Waals surface area contributed by atoms with Gasteiger partial charge in [-0.3, -0.25) is 4.79 Å². The van der Waals surface area contributed by atoms with Gasteiger partial charge in [0.25, 0.3) is 0 Å². The molecule has 1 amide bonds. The van der Waals surface area contributed by atoms with Gasteiger partial charge in [-0.05, 0) is 42.7 Å². The van der Waals surface area contributed by atoms with Crippen LogP contribution in [0.2, 0.25) is 0 Å². The molecule has 1 saturated heterocycles. The van der Waals surface area contributed by atoms with E-state index in [4.69, 9.17) is 9.72 Å². The number of rotatable bonds is 5. The summed E-state index contributed by atoms with van der Waals surface area (Å²) < 4.78 is 7.23. The first kappa shape index (κ1) is 17.5. The Morgan fingerprint density at radius 3 is 2.81 bits per heavy atom. The first-order valence-corrected chi connectivity index (χ1v) is 9.33. The van der Waals surface area contributed by atoms with E-state index < -0.39 is 0 Å². The number of nitrogens with zero attached hydrogens (tertiary/aromatic N) is 4. The maximum Gasteiger partial charge on any atom is 0.222 e. The summed E-state index contributed by atoms with van der Waals surface area (Å²) >= 11 is 0. The molecule has 0 spiro atoms. The Morgan fingerprint density at radius 2 is 2.07 bits per heavy atom. The van der Waals surface area contributed by atoms with Crippen molar-refractivity contribution in [2.24, 2.45) is 7.05 Å². The zero-order valence-corrected chi connectivity index (χ0v) is 15.8. The van der Waals surface area contributed by atoms with Gasteiger partial charge < -0.3 is 14.2 Å². The Kier molecular flexibility index (Phi) is 4.79. The summed E-state index contributed by atoms with van der Waals surface area (Å²) in [5, 5.41) is 0. The van der Waals surface area contributed by atoms with Gasteiger partial charge in [0.2, 0.25) is 5.91 Å². The smallest absolute Gasteiger partial charge is 0.222 e. The molecule has 1 atom stereocenters. The van der Waals surface area contributed by atoms with Gasteiger partial charge in [-0.1, -0.05) is 12.1 Å². The summed E-state index contributed by atoms with van der Waals surface area (Å²) in [6.07, 6.45) is 4.02. The fourth-order valence-electron chi connectivity index (χ4n) is 3.81. The minimum absolute atomic E-state index is 0.213. The molecular formula is C21H24N4O2. The zero-order chi connectivity index (χ0) is 18.8. The minimum Gasteiger partial charge on any atom is -0.497 e. The molecule has 140 valence electrons. The van der Waals surface area contributed by atoms with Crippen LogP contribution in [-0.4, -0.2) is 45.5 Å². The summed E-state index contributed by atoms with van der Waals surface area (Å²) in [6.45, 7) is 1.53. The van der Waals surface area contributed by atoms with Crippen LogP contribution in [0.15, 0.2) is 42.6 Å². The molecule has 1 aromatic carbocycles. The highest BCUT2D eigenvalue weighted by Gasteiger charge is 2.30. The zero-order valence-electron chi connectivity index (χ0n) is 15.8. The van der Waals surface area contributed by atoms with Crippen LogP contribution in [0.5, 0.6) is 5.75 Å². The summed E-state index contributed by atoms with van der Waals surface area (Å²) in [5.41, 5.74) is 2.97. The lowest BCUT2D eigenvalue weighted by Crippen LogP contribution is -2.28. The van der Waals surface area contributed by atoms with Crippen LogP contribution in [-0.2, 0) is 18.3 Å². The highest BCUT2D eigenvalue weighted by atomic mass is 16.5. The quantitative estimate of drug-likeness (QED) is 0.698. The summed E-state index contributed by atoms with van der Waals surface area (Å²) in [6, 6.07) is 11.8. The molecular weight excluding hydrogens is 340 g/mol. The van der Waals surface area contributed by atoms with E-state index in [1.54, 1.807) is 13.3 Å². The largest absolute Gasteiger partial charge is 0.497 e. The average Bonchev–Trinajstić information content (AvgIpc) is 3.32. The van der Waals surface area contributed by atoms with Gasteiger partial charge in [0.05, 0.1) is 7.11 Å². The van der Waals surface area contributed by atoms with E-state index in [1.807, 2.05) is 48.3 Å². The van der Waals surface area contributed by atoms with E-state index in [2.05, 4.69) is 9.55 Å². The number of amides is 1. The number of carbonyl (C=O) groups is 1. The molecule has 0 radical (unpaired) electrons. The standard InChI is InChI=1S/C21H24N4O2/c1-24-20(23-18-4-3-12-22-21(18)24)16-11-13-25(14-16)19(26)10-7-15-5-8-17(27-2)9-6-15/h3-6,8-9,12,16H,7,10-11,13-14H2,1-2H3. The summed E-state index contributed by atoms with van der Waals surface area (Å²) in [5.74, 6) is 2.35. The van der Waals surface area contributed by atoms with Crippen LogP contribution < -0.4 is 4.74 Å². The predicted octanol–water partition coefficient (Wildman–Crippen LogP) is 2.93. The maximum atomic E-state index is 12.6. The number of imidazole rings is 1. The first-order chi connectivity index (χ1) is 13.2. The van der Waals surface area contributed by atoms with E-state index >= 15 is 0 Å². The first-order valence-electron chi connectivity index (χ1n) is 9.33. The van der Waals surface area contributed by atoms with Gasteiger partial charge in [0.1, 0.15) is 17.1 Å². The third kappa shape index (κ3) is 3.52. The third-order valence-corrected chi connectivity index (χ3v) is 5.36. The van der Waals surface area contributed by atoms with Crippen molar-refractivity contribution >= 4 is 17.1 Å². The Bertz CT molecular complexity index is 948. The molecule has 27 heavy (non-hydrogen) atoms. The van der Waals surface area contributed by atoms with Gasteiger partial charge in [0.15, 0.2) is 5.65 Å². The second-order valence-electron chi connectivity index (χ2n) is 7.05. The molecule has 1 aliphatic rings. The molecule has 1 unspecified atom stereocenters. The average molecular weight is 364 g/mol. The fourth-order valence-corrected chi connectivity index (χ4v) is 3.81. The number of fused-ring (bicyclic) bond motifs is 1. The number of carbonyl (C=O) groups excluding carboxylic acids is 1. The highest BCUT2D eigenvalue weighted by molar-refractivity contribution is 5.77. The van der Waals surface area contributed by atoms with Crippen LogP contribution in [0.3, 0.4) is 0 Å². The molecule has 0 N–H and O–H groups in total. The molecule has 6 nitrogen and oxygen atoms in total. The molecule has 0 saturated carbocycles.